The van der Waals surface area contributed by atoms with Gasteiger partial charge in [-0.15, -0.1) is 0 Å². The molecule has 0 radical (unpaired) electrons. The van der Waals surface area contributed by atoms with Gasteiger partial charge >= 0.3 is 0 Å². The third kappa shape index (κ3) is 3.22. The fourth-order valence-corrected chi connectivity index (χ4v) is 2.75. The molecule has 0 saturated carbocycles. The minimum Gasteiger partial charge on any atom is -0.390 e. The van der Waals surface area contributed by atoms with Crippen molar-refractivity contribution in [2.24, 2.45) is 5.73 Å². The van der Waals surface area contributed by atoms with Crippen LogP contribution >= 0.6 is 0 Å². The molecule has 2 heterocycles. The number of aliphatic hydroxyl groups is 1. The summed E-state index contributed by atoms with van der Waals surface area (Å²) in [5.41, 5.74) is 4.92. The largest absolute Gasteiger partial charge is 0.390 e. The maximum Gasteiger partial charge on any atom is 0.251 e. The average Bonchev–Trinajstić information content (AvgIpc) is 2.74. The first-order valence-electron chi connectivity index (χ1n) is 6.88. The molecular weight excluding hydrogens is 232 g/mol. The van der Waals surface area contributed by atoms with Gasteiger partial charge in [0.2, 0.25) is 0 Å². The summed E-state index contributed by atoms with van der Waals surface area (Å²) in [6.07, 6.45) is 3.62. The molecule has 0 aromatic carbocycles. The molecule has 2 saturated heterocycles. The highest BCUT2D eigenvalue weighted by atomic mass is 16.5. The van der Waals surface area contributed by atoms with Gasteiger partial charge in [-0.1, -0.05) is 0 Å². The fraction of sp³-hybridized carbons (Fsp3) is 0.923. The Kier molecular flexibility index (Phi) is 4.25. The second-order valence-corrected chi connectivity index (χ2v) is 5.74. The zero-order valence-corrected chi connectivity index (χ0v) is 11.1. The second kappa shape index (κ2) is 5.55. The average molecular weight is 256 g/mol. The van der Waals surface area contributed by atoms with E-state index in [1.165, 1.54) is 0 Å². The van der Waals surface area contributed by atoms with Gasteiger partial charge in [0.1, 0.15) is 6.10 Å². The van der Waals surface area contributed by atoms with Crippen molar-refractivity contribution in [1.82, 2.24) is 4.90 Å². The van der Waals surface area contributed by atoms with E-state index in [1.807, 2.05) is 11.8 Å². The van der Waals surface area contributed by atoms with E-state index < -0.39 is 5.60 Å². The number of hydrogen-bond donors (Lipinski definition) is 2. The number of carbonyl (C=O) groups excluding carboxylic acids is 1. The predicted molar refractivity (Wildman–Crippen MR) is 68.0 cm³/mol. The Bertz CT molecular complexity index is 307. The smallest absolute Gasteiger partial charge is 0.251 e. The van der Waals surface area contributed by atoms with Crippen molar-refractivity contribution < 1.29 is 14.6 Å². The Morgan fingerprint density at radius 1 is 1.44 bits per heavy atom. The lowest BCUT2D eigenvalue weighted by Gasteiger charge is -2.25. The molecule has 18 heavy (non-hydrogen) atoms. The van der Waals surface area contributed by atoms with E-state index in [1.54, 1.807) is 0 Å². The van der Waals surface area contributed by atoms with E-state index >= 15 is 0 Å². The Morgan fingerprint density at radius 3 is 2.89 bits per heavy atom. The molecule has 3 N–H and O–H groups in total. The topological polar surface area (TPSA) is 75.8 Å². The lowest BCUT2D eigenvalue weighted by Crippen LogP contribution is -2.40. The van der Waals surface area contributed by atoms with E-state index in [0.29, 0.717) is 19.5 Å². The molecule has 5 nitrogen and oxygen atoms in total. The second-order valence-electron chi connectivity index (χ2n) is 5.74. The minimum absolute atomic E-state index is 0.0361. The molecule has 104 valence electrons. The van der Waals surface area contributed by atoms with Gasteiger partial charge in [-0.3, -0.25) is 4.79 Å². The first-order valence-corrected chi connectivity index (χ1v) is 6.88. The van der Waals surface area contributed by atoms with E-state index in [9.17, 15) is 9.90 Å². The van der Waals surface area contributed by atoms with Crippen molar-refractivity contribution in [3.63, 3.8) is 0 Å². The first kappa shape index (κ1) is 13.8. The van der Waals surface area contributed by atoms with Gasteiger partial charge in [0.05, 0.1) is 11.7 Å². The van der Waals surface area contributed by atoms with Crippen molar-refractivity contribution >= 4 is 5.91 Å². The molecule has 1 amide bonds. The molecule has 2 rings (SSSR count). The molecule has 0 aromatic heterocycles. The van der Waals surface area contributed by atoms with Crippen molar-refractivity contribution in [2.45, 2.75) is 56.8 Å². The van der Waals surface area contributed by atoms with Gasteiger partial charge in [0, 0.05) is 19.6 Å². The molecule has 2 aliphatic heterocycles. The maximum atomic E-state index is 12.3. The monoisotopic (exact) mass is 256 g/mol. The lowest BCUT2D eigenvalue weighted by atomic mass is 9.98. The number of likely N-dealkylation sites (tertiary alicyclic amines) is 1. The van der Waals surface area contributed by atoms with E-state index in [4.69, 9.17) is 10.5 Å². The molecule has 3 unspecified atom stereocenters. The van der Waals surface area contributed by atoms with Crippen LogP contribution in [-0.2, 0) is 9.53 Å². The summed E-state index contributed by atoms with van der Waals surface area (Å²) in [5, 5.41) is 10.0. The van der Waals surface area contributed by atoms with Crippen LogP contribution in [0.4, 0.5) is 0 Å². The van der Waals surface area contributed by atoms with Crippen molar-refractivity contribution in [3.05, 3.63) is 0 Å². The Balaban J connectivity index is 1.89. The summed E-state index contributed by atoms with van der Waals surface area (Å²) in [5.74, 6) is 0.0728. The van der Waals surface area contributed by atoms with Crippen LogP contribution in [0.2, 0.25) is 0 Å². The van der Waals surface area contributed by atoms with Gasteiger partial charge in [-0.05, 0) is 39.0 Å². The van der Waals surface area contributed by atoms with Crippen LogP contribution in [0.25, 0.3) is 0 Å². The molecule has 0 spiro atoms. The third-order valence-corrected chi connectivity index (χ3v) is 4.02. The third-order valence-electron chi connectivity index (χ3n) is 4.02. The van der Waals surface area contributed by atoms with Crippen molar-refractivity contribution in [2.75, 3.05) is 19.6 Å². The highest BCUT2D eigenvalue weighted by Crippen LogP contribution is 2.25. The van der Waals surface area contributed by atoms with Gasteiger partial charge < -0.3 is 20.5 Å². The summed E-state index contributed by atoms with van der Waals surface area (Å²) < 4.78 is 5.64. The van der Waals surface area contributed by atoms with E-state index in [-0.39, 0.29) is 18.1 Å². The van der Waals surface area contributed by atoms with Crippen LogP contribution in [-0.4, -0.2) is 53.4 Å². The predicted octanol–water partition coefficient (Wildman–Crippen LogP) is 0.256. The SMILES string of the molecule is CC1(O)CCCN(C(=O)C2CCC(CN)O2)CC1. The summed E-state index contributed by atoms with van der Waals surface area (Å²) in [6, 6.07) is 0. The standard InChI is InChI=1S/C13H24N2O3/c1-13(17)5-2-7-15(8-6-13)12(16)11-4-3-10(9-14)18-11/h10-11,17H,2-9,14H2,1H3. The van der Waals surface area contributed by atoms with Crippen LogP contribution in [0.3, 0.4) is 0 Å². The highest BCUT2D eigenvalue weighted by Gasteiger charge is 2.34. The molecule has 0 bridgehead atoms. The van der Waals surface area contributed by atoms with Gasteiger partial charge in [0.25, 0.3) is 5.91 Å². The zero-order chi connectivity index (χ0) is 13.2. The van der Waals surface area contributed by atoms with Crippen LogP contribution in [0.1, 0.15) is 39.0 Å². The Hall–Kier alpha value is -0.650. The molecule has 5 heteroatoms. The normalized spacial score (nSPS) is 37.6. The first-order chi connectivity index (χ1) is 8.52. The number of nitrogens with two attached hydrogens (primary N) is 1. The minimum atomic E-state index is -0.634. The van der Waals surface area contributed by atoms with Gasteiger partial charge in [0.15, 0.2) is 0 Å². The zero-order valence-electron chi connectivity index (χ0n) is 11.1. The number of carbonyl (C=O) groups is 1. The van der Waals surface area contributed by atoms with E-state index in [2.05, 4.69) is 0 Å². The summed E-state index contributed by atoms with van der Waals surface area (Å²) in [6.45, 7) is 3.68. The number of hydrogen-bond acceptors (Lipinski definition) is 4. The Labute approximate surface area is 108 Å². The number of ether oxygens (including phenoxy) is 1. The Morgan fingerprint density at radius 2 is 2.22 bits per heavy atom. The van der Waals surface area contributed by atoms with Crippen molar-refractivity contribution in [1.29, 1.82) is 0 Å². The molecular formula is C13H24N2O3. The molecule has 3 atom stereocenters. The molecule has 0 aliphatic carbocycles. The maximum absolute atomic E-state index is 12.3. The fourth-order valence-electron chi connectivity index (χ4n) is 2.75. The number of amides is 1. The summed E-state index contributed by atoms with van der Waals surface area (Å²) in [4.78, 5) is 14.1. The quantitative estimate of drug-likeness (QED) is 0.743. The van der Waals surface area contributed by atoms with Gasteiger partial charge in [-0.2, -0.15) is 0 Å². The molecule has 2 fully saturated rings. The lowest BCUT2D eigenvalue weighted by molar-refractivity contribution is -0.142. The molecule has 0 aromatic rings. The molecule has 2 aliphatic rings. The van der Waals surface area contributed by atoms with Crippen LogP contribution < -0.4 is 5.73 Å². The number of rotatable bonds is 2. The summed E-state index contributed by atoms with van der Waals surface area (Å²) >= 11 is 0. The van der Waals surface area contributed by atoms with Crippen molar-refractivity contribution in [3.8, 4) is 0 Å². The highest BCUT2D eigenvalue weighted by molar-refractivity contribution is 5.81. The van der Waals surface area contributed by atoms with Gasteiger partial charge in [-0.25, -0.2) is 0 Å². The van der Waals surface area contributed by atoms with Crippen LogP contribution in [0, 0.1) is 0 Å². The van der Waals surface area contributed by atoms with E-state index in [0.717, 1.165) is 32.2 Å². The summed E-state index contributed by atoms with van der Waals surface area (Å²) in [7, 11) is 0. The van der Waals surface area contributed by atoms with Crippen LogP contribution in [0.15, 0.2) is 0 Å². The number of nitrogens with zero attached hydrogens (tertiary/aromatic N) is 1. The van der Waals surface area contributed by atoms with Crippen LogP contribution in [0.5, 0.6) is 0 Å².